The number of nitrogens with zero attached hydrogens (tertiary/aromatic N) is 2. The van der Waals surface area contributed by atoms with Crippen LogP contribution in [-0.2, 0) is 16.8 Å². The molecule has 1 saturated heterocycles. The van der Waals surface area contributed by atoms with E-state index in [2.05, 4.69) is 19.2 Å². The van der Waals surface area contributed by atoms with Crippen molar-refractivity contribution < 1.29 is 13.2 Å². The highest BCUT2D eigenvalue weighted by molar-refractivity contribution is 7.86. The zero-order chi connectivity index (χ0) is 17.9. The Morgan fingerprint density at radius 2 is 1.88 bits per heavy atom. The molecule has 6 nitrogen and oxygen atoms in total. The molecule has 0 spiro atoms. The molecular formula is C17H29N3O3S. The van der Waals surface area contributed by atoms with Gasteiger partial charge in [0.2, 0.25) is 0 Å². The third kappa shape index (κ3) is 4.08. The van der Waals surface area contributed by atoms with Crippen molar-refractivity contribution in [3.05, 3.63) is 29.8 Å². The number of benzene rings is 1. The second kappa shape index (κ2) is 7.82. The Kier molecular flexibility index (Phi) is 6.25. The Morgan fingerprint density at radius 3 is 2.38 bits per heavy atom. The molecule has 2 rings (SSSR count). The molecule has 7 heteroatoms. The normalized spacial score (nSPS) is 24.7. The van der Waals surface area contributed by atoms with Crippen molar-refractivity contribution in [1.82, 2.24) is 13.9 Å². The van der Waals surface area contributed by atoms with Crippen LogP contribution in [0, 0.1) is 0 Å². The predicted molar refractivity (Wildman–Crippen MR) is 96.2 cm³/mol. The van der Waals surface area contributed by atoms with E-state index in [4.69, 9.17) is 4.74 Å². The van der Waals surface area contributed by atoms with Crippen molar-refractivity contribution in [2.24, 2.45) is 0 Å². The number of hydrogen-bond donors (Lipinski definition) is 1. The summed E-state index contributed by atoms with van der Waals surface area (Å²) in [4.78, 5) is 0. The predicted octanol–water partition coefficient (Wildman–Crippen LogP) is 1.83. The summed E-state index contributed by atoms with van der Waals surface area (Å²) in [7, 11) is 1.29. The molecule has 1 fully saturated rings. The Bertz CT molecular complexity index is 631. The van der Waals surface area contributed by atoms with Gasteiger partial charge >= 0.3 is 0 Å². The molecule has 0 aliphatic carbocycles. The lowest BCUT2D eigenvalue weighted by Crippen LogP contribution is -2.50. The third-order valence-electron chi connectivity index (χ3n) is 4.62. The molecule has 1 heterocycles. The fraction of sp³-hybridized carbons (Fsp3) is 0.647. The molecule has 1 aliphatic rings. The number of ether oxygens (including phenoxy) is 1. The highest BCUT2D eigenvalue weighted by atomic mass is 32.2. The van der Waals surface area contributed by atoms with Crippen molar-refractivity contribution in [1.29, 1.82) is 0 Å². The van der Waals surface area contributed by atoms with Crippen LogP contribution in [0.2, 0.25) is 0 Å². The van der Waals surface area contributed by atoms with Crippen LogP contribution < -0.4 is 10.1 Å². The van der Waals surface area contributed by atoms with Gasteiger partial charge < -0.3 is 10.1 Å². The van der Waals surface area contributed by atoms with Crippen molar-refractivity contribution in [3.63, 3.8) is 0 Å². The van der Waals surface area contributed by atoms with Gasteiger partial charge in [0, 0.05) is 38.8 Å². The van der Waals surface area contributed by atoms with Gasteiger partial charge in [0.05, 0.1) is 7.11 Å². The minimum absolute atomic E-state index is 0.0421. The van der Waals surface area contributed by atoms with Crippen molar-refractivity contribution in [3.8, 4) is 5.75 Å². The average molecular weight is 356 g/mol. The first-order chi connectivity index (χ1) is 11.3. The topological polar surface area (TPSA) is 61.9 Å². The molecule has 0 bridgehead atoms. The summed E-state index contributed by atoms with van der Waals surface area (Å²) < 4.78 is 33.9. The fourth-order valence-electron chi connectivity index (χ4n) is 3.27. The van der Waals surface area contributed by atoms with Crippen LogP contribution in [0.3, 0.4) is 0 Å². The van der Waals surface area contributed by atoms with E-state index in [1.165, 1.54) is 4.31 Å². The minimum atomic E-state index is -3.51. The number of nitrogens with one attached hydrogen (secondary N) is 1. The summed E-state index contributed by atoms with van der Waals surface area (Å²) in [6.45, 7) is 4.56. The smallest absolute Gasteiger partial charge is 0.282 e. The lowest BCUT2D eigenvalue weighted by Gasteiger charge is -2.33. The van der Waals surface area contributed by atoms with Crippen LogP contribution >= 0.6 is 0 Å². The number of rotatable bonds is 7. The maximum Gasteiger partial charge on any atom is 0.282 e. The molecular weight excluding hydrogens is 326 g/mol. The molecule has 24 heavy (non-hydrogen) atoms. The van der Waals surface area contributed by atoms with Gasteiger partial charge in [0.15, 0.2) is 0 Å². The summed E-state index contributed by atoms with van der Waals surface area (Å²) in [5.41, 5.74) is 0.954. The first kappa shape index (κ1) is 19.2. The van der Waals surface area contributed by atoms with Crippen LogP contribution in [0.25, 0.3) is 0 Å². The Morgan fingerprint density at radius 1 is 1.25 bits per heavy atom. The first-order valence-corrected chi connectivity index (χ1v) is 9.77. The third-order valence-corrected chi connectivity index (χ3v) is 6.54. The first-order valence-electron chi connectivity index (χ1n) is 8.37. The van der Waals surface area contributed by atoms with E-state index in [0.717, 1.165) is 24.2 Å². The molecule has 0 saturated carbocycles. The van der Waals surface area contributed by atoms with Crippen LogP contribution in [-0.4, -0.2) is 56.4 Å². The Hall–Kier alpha value is -1.15. The van der Waals surface area contributed by atoms with Gasteiger partial charge in [-0.3, -0.25) is 0 Å². The van der Waals surface area contributed by atoms with E-state index < -0.39 is 10.2 Å². The Balaban J connectivity index is 2.32. The van der Waals surface area contributed by atoms with Crippen molar-refractivity contribution in [2.45, 2.75) is 51.4 Å². The van der Waals surface area contributed by atoms with Gasteiger partial charge in [-0.1, -0.05) is 19.1 Å². The summed E-state index contributed by atoms with van der Waals surface area (Å²) in [6, 6.07) is 8.02. The van der Waals surface area contributed by atoms with Gasteiger partial charge in [-0.05, 0) is 37.5 Å². The van der Waals surface area contributed by atoms with Gasteiger partial charge in [-0.2, -0.15) is 17.0 Å². The van der Waals surface area contributed by atoms with Crippen LogP contribution in [0.4, 0.5) is 0 Å². The Labute approximate surface area is 146 Å². The van der Waals surface area contributed by atoms with Crippen LogP contribution in [0.15, 0.2) is 24.3 Å². The molecule has 0 aromatic heterocycles. The summed E-state index contributed by atoms with van der Waals surface area (Å²) in [6.07, 6.45) is 1.72. The average Bonchev–Trinajstić information content (AvgIpc) is 2.93. The zero-order valence-corrected chi connectivity index (χ0v) is 16.0. The van der Waals surface area contributed by atoms with E-state index in [-0.39, 0.29) is 12.1 Å². The standard InChI is InChI=1S/C17H29N3O3S/c1-6-16-17(11-13(2)18-16)20(24(21,22)19(3)4)12-14-7-9-15(23-5)10-8-14/h7-10,13,16-18H,6,11-12H2,1-5H3/t13-,16+,17+/m1/s1. The highest BCUT2D eigenvalue weighted by Crippen LogP contribution is 2.27. The molecule has 1 aromatic rings. The quantitative estimate of drug-likeness (QED) is 0.811. The maximum atomic E-state index is 12.9. The summed E-state index contributed by atoms with van der Waals surface area (Å²) >= 11 is 0. The molecule has 136 valence electrons. The summed E-state index contributed by atoms with van der Waals surface area (Å²) in [5.74, 6) is 0.767. The van der Waals surface area contributed by atoms with E-state index in [1.807, 2.05) is 24.3 Å². The van der Waals surface area contributed by atoms with E-state index in [1.54, 1.807) is 25.5 Å². The SMILES string of the molecule is CC[C@@H]1N[C@H](C)C[C@@H]1N(Cc1ccc(OC)cc1)S(=O)(=O)N(C)C. The van der Waals surface area contributed by atoms with Crippen molar-refractivity contribution >= 4 is 10.2 Å². The largest absolute Gasteiger partial charge is 0.497 e. The van der Waals surface area contributed by atoms with Gasteiger partial charge in [0.25, 0.3) is 10.2 Å². The molecule has 1 aliphatic heterocycles. The molecule has 1 N–H and O–H groups in total. The zero-order valence-electron chi connectivity index (χ0n) is 15.2. The lowest BCUT2D eigenvalue weighted by molar-refractivity contribution is 0.267. The monoisotopic (exact) mass is 355 g/mol. The molecule has 0 amide bonds. The van der Waals surface area contributed by atoms with Crippen LogP contribution in [0.1, 0.15) is 32.3 Å². The molecule has 0 unspecified atom stereocenters. The second-order valence-corrected chi connectivity index (χ2v) is 8.66. The van der Waals surface area contributed by atoms with Gasteiger partial charge in [-0.25, -0.2) is 0 Å². The highest BCUT2D eigenvalue weighted by Gasteiger charge is 2.40. The molecule has 0 radical (unpaired) electrons. The summed E-state index contributed by atoms with van der Waals surface area (Å²) in [5, 5.41) is 3.50. The van der Waals surface area contributed by atoms with Crippen molar-refractivity contribution in [2.75, 3.05) is 21.2 Å². The van der Waals surface area contributed by atoms with E-state index >= 15 is 0 Å². The lowest BCUT2D eigenvalue weighted by atomic mass is 10.1. The van der Waals surface area contributed by atoms with E-state index in [0.29, 0.717) is 12.6 Å². The second-order valence-electron chi connectivity index (χ2n) is 6.57. The molecule has 3 atom stereocenters. The fourth-order valence-corrected chi connectivity index (χ4v) is 4.58. The number of methoxy groups -OCH3 is 1. The van der Waals surface area contributed by atoms with Gasteiger partial charge in [0.1, 0.15) is 5.75 Å². The molecule has 1 aromatic carbocycles. The maximum absolute atomic E-state index is 12.9. The van der Waals surface area contributed by atoms with Gasteiger partial charge in [-0.15, -0.1) is 0 Å². The number of hydrogen-bond acceptors (Lipinski definition) is 4. The minimum Gasteiger partial charge on any atom is -0.497 e. The van der Waals surface area contributed by atoms with E-state index in [9.17, 15) is 8.42 Å². The van der Waals surface area contributed by atoms with Crippen LogP contribution in [0.5, 0.6) is 5.75 Å².